The van der Waals surface area contributed by atoms with Gasteiger partial charge in [-0.05, 0) is 38.3 Å². The minimum Gasteiger partial charge on any atom is -0.317 e. The molecule has 72 valence electrons. The summed E-state index contributed by atoms with van der Waals surface area (Å²) < 4.78 is 0. The fraction of sp³-hybridized carbons (Fsp3) is 0.818. The van der Waals surface area contributed by atoms with Gasteiger partial charge in [-0.25, -0.2) is 0 Å². The largest absolute Gasteiger partial charge is 0.317 e. The number of hydrogen-bond donors (Lipinski definition) is 1. The summed E-state index contributed by atoms with van der Waals surface area (Å²) in [6.45, 7) is 10.6. The van der Waals surface area contributed by atoms with Crippen molar-refractivity contribution in [2.75, 3.05) is 13.1 Å². The van der Waals surface area contributed by atoms with Crippen molar-refractivity contribution in [3.05, 3.63) is 12.7 Å². The van der Waals surface area contributed by atoms with Crippen LogP contribution in [0.15, 0.2) is 12.7 Å². The van der Waals surface area contributed by atoms with Crippen LogP contribution in [0, 0.1) is 5.92 Å². The Hall–Kier alpha value is -0.300. The third-order valence-corrected chi connectivity index (χ3v) is 2.09. The van der Waals surface area contributed by atoms with E-state index in [1.807, 2.05) is 6.08 Å². The average Bonchev–Trinajstić information content (AvgIpc) is 2.05. The maximum absolute atomic E-state index is 3.74. The summed E-state index contributed by atoms with van der Waals surface area (Å²) >= 11 is 0. The summed E-state index contributed by atoms with van der Waals surface area (Å²) in [4.78, 5) is 0. The molecule has 0 radical (unpaired) electrons. The van der Waals surface area contributed by atoms with Crippen molar-refractivity contribution < 1.29 is 0 Å². The fourth-order valence-electron chi connectivity index (χ4n) is 1.18. The lowest BCUT2D eigenvalue weighted by Crippen LogP contribution is -2.18. The highest BCUT2D eigenvalue weighted by molar-refractivity contribution is 4.70. The second kappa shape index (κ2) is 8.79. The van der Waals surface area contributed by atoms with E-state index in [1.165, 1.54) is 25.8 Å². The summed E-state index contributed by atoms with van der Waals surface area (Å²) in [6, 6.07) is 0. The van der Waals surface area contributed by atoms with Crippen molar-refractivity contribution in [3.8, 4) is 0 Å². The summed E-state index contributed by atoms with van der Waals surface area (Å²) in [5, 5.41) is 3.44. The molecule has 0 aromatic carbocycles. The van der Waals surface area contributed by atoms with Crippen molar-refractivity contribution in [1.82, 2.24) is 5.32 Å². The van der Waals surface area contributed by atoms with Gasteiger partial charge in [0.15, 0.2) is 0 Å². The number of allylic oxidation sites excluding steroid dienone is 1. The molecule has 1 atom stereocenters. The molecule has 0 saturated heterocycles. The molecule has 0 heterocycles. The lowest BCUT2D eigenvalue weighted by Gasteiger charge is -2.08. The van der Waals surface area contributed by atoms with Gasteiger partial charge in [0.2, 0.25) is 0 Å². The van der Waals surface area contributed by atoms with E-state index in [2.05, 4.69) is 25.7 Å². The molecular formula is C11H23N. The quantitative estimate of drug-likeness (QED) is 0.435. The van der Waals surface area contributed by atoms with E-state index in [-0.39, 0.29) is 0 Å². The zero-order valence-corrected chi connectivity index (χ0v) is 8.60. The molecule has 1 nitrogen and oxygen atoms in total. The summed E-state index contributed by atoms with van der Waals surface area (Å²) in [5.74, 6) is 0.789. The van der Waals surface area contributed by atoms with Gasteiger partial charge in [0.25, 0.3) is 0 Å². The maximum atomic E-state index is 3.74. The zero-order chi connectivity index (χ0) is 9.23. The van der Waals surface area contributed by atoms with Crippen LogP contribution >= 0.6 is 0 Å². The predicted molar refractivity (Wildman–Crippen MR) is 56.4 cm³/mol. The van der Waals surface area contributed by atoms with E-state index in [0.29, 0.717) is 0 Å². The highest BCUT2D eigenvalue weighted by atomic mass is 14.8. The van der Waals surface area contributed by atoms with Crippen molar-refractivity contribution >= 4 is 0 Å². The maximum Gasteiger partial charge on any atom is -0.00463 e. The van der Waals surface area contributed by atoms with Crippen molar-refractivity contribution in [2.24, 2.45) is 5.92 Å². The monoisotopic (exact) mass is 169 g/mol. The molecule has 1 heteroatoms. The van der Waals surface area contributed by atoms with Gasteiger partial charge in [-0.1, -0.05) is 26.3 Å². The third-order valence-electron chi connectivity index (χ3n) is 2.09. The Morgan fingerprint density at radius 1 is 1.42 bits per heavy atom. The fourth-order valence-corrected chi connectivity index (χ4v) is 1.18. The number of hydrogen-bond acceptors (Lipinski definition) is 1. The molecule has 0 aliphatic heterocycles. The van der Waals surface area contributed by atoms with E-state index in [0.717, 1.165) is 18.9 Å². The van der Waals surface area contributed by atoms with Crippen LogP contribution in [-0.4, -0.2) is 13.1 Å². The number of unbranched alkanes of at least 4 members (excludes halogenated alkanes) is 1. The SMILES string of the molecule is C=CCC(C)CCNCCCC. The van der Waals surface area contributed by atoms with Gasteiger partial charge in [0.1, 0.15) is 0 Å². The van der Waals surface area contributed by atoms with Crippen molar-refractivity contribution in [2.45, 2.75) is 39.5 Å². The Kier molecular flexibility index (Phi) is 8.57. The topological polar surface area (TPSA) is 12.0 Å². The van der Waals surface area contributed by atoms with Gasteiger partial charge in [0, 0.05) is 0 Å². The highest BCUT2D eigenvalue weighted by Gasteiger charge is 1.97. The van der Waals surface area contributed by atoms with Crippen LogP contribution in [0.25, 0.3) is 0 Å². The van der Waals surface area contributed by atoms with Gasteiger partial charge in [-0.2, -0.15) is 0 Å². The summed E-state index contributed by atoms with van der Waals surface area (Å²) in [5.41, 5.74) is 0. The normalized spacial score (nSPS) is 12.8. The minimum atomic E-state index is 0.789. The Bertz CT molecular complexity index is 99.2. The molecule has 0 saturated carbocycles. The Labute approximate surface area is 77.2 Å². The molecule has 0 amide bonds. The second-order valence-corrected chi connectivity index (χ2v) is 3.52. The van der Waals surface area contributed by atoms with Gasteiger partial charge < -0.3 is 5.32 Å². The molecule has 1 N–H and O–H groups in total. The summed E-state index contributed by atoms with van der Waals surface area (Å²) in [7, 11) is 0. The first-order valence-corrected chi connectivity index (χ1v) is 5.12. The van der Waals surface area contributed by atoms with Crippen LogP contribution in [0.4, 0.5) is 0 Å². The molecule has 1 unspecified atom stereocenters. The van der Waals surface area contributed by atoms with Crippen molar-refractivity contribution in [3.63, 3.8) is 0 Å². The zero-order valence-electron chi connectivity index (χ0n) is 8.60. The molecule has 0 aliphatic carbocycles. The minimum absolute atomic E-state index is 0.789. The lowest BCUT2D eigenvalue weighted by molar-refractivity contribution is 0.502. The van der Waals surface area contributed by atoms with Crippen molar-refractivity contribution in [1.29, 1.82) is 0 Å². The molecule has 0 aromatic heterocycles. The van der Waals surface area contributed by atoms with E-state index in [4.69, 9.17) is 0 Å². The van der Waals surface area contributed by atoms with Crippen LogP contribution in [-0.2, 0) is 0 Å². The smallest absolute Gasteiger partial charge is 0.00463 e. The Morgan fingerprint density at radius 3 is 2.75 bits per heavy atom. The first kappa shape index (κ1) is 11.7. The first-order chi connectivity index (χ1) is 5.81. The number of rotatable bonds is 8. The van der Waals surface area contributed by atoms with Gasteiger partial charge in [-0.15, -0.1) is 6.58 Å². The molecule has 0 bridgehead atoms. The molecular weight excluding hydrogens is 146 g/mol. The number of nitrogens with one attached hydrogen (secondary N) is 1. The first-order valence-electron chi connectivity index (χ1n) is 5.12. The van der Waals surface area contributed by atoms with Crippen LogP contribution in [0.2, 0.25) is 0 Å². The summed E-state index contributed by atoms with van der Waals surface area (Å²) in [6.07, 6.45) is 7.02. The highest BCUT2D eigenvalue weighted by Crippen LogP contribution is 2.05. The molecule has 12 heavy (non-hydrogen) atoms. The van der Waals surface area contributed by atoms with Gasteiger partial charge in [0.05, 0.1) is 0 Å². The average molecular weight is 169 g/mol. The second-order valence-electron chi connectivity index (χ2n) is 3.52. The van der Waals surface area contributed by atoms with E-state index in [1.54, 1.807) is 0 Å². The van der Waals surface area contributed by atoms with Gasteiger partial charge in [-0.3, -0.25) is 0 Å². The van der Waals surface area contributed by atoms with E-state index in [9.17, 15) is 0 Å². The van der Waals surface area contributed by atoms with E-state index < -0.39 is 0 Å². The molecule has 0 spiro atoms. The lowest BCUT2D eigenvalue weighted by atomic mass is 10.0. The molecule has 0 aliphatic rings. The van der Waals surface area contributed by atoms with Crippen LogP contribution < -0.4 is 5.32 Å². The molecule has 0 rings (SSSR count). The Balaban J connectivity index is 3.02. The van der Waals surface area contributed by atoms with Gasteiger partial charge >= 0.3 is 0 Å². The molecule has 0 aromatic rings. The Morgan fingerprint density at radius 2 is 2.17 bits per heavy atom. The van der Waals surface area contributed by atoms with Crippen LogP contribution in [0.3, 0.4) is 0 Å². The van der Waals surface area contributed by atoms with Crippen LogP contribution in [0.5, 0.6) is 0 Å². The van der Waals surface area contributed by atoms with E-state index >= 15 is 0 Å². The molecule has 0 fully saturated rings. The predicted octanol–water partition coefficient (Wildman–Crippen LogP) is 2.98. The standard InChI is InChI=1S/C11H23N/c1-4-6-9-12-10-8-11(3)7-5-2/h5,11-12H,2,4,6-10H2,1,3H3. The van der Waals surface area contributed by atoms with Crippen LogP contribution in [0.1, 0.15) is 39.5 Å². The third kappa shape index (κ3) is 7.80.